The van der Waals surface area contributed by atoms with Crippen molar-refractivity contribution in [3.8, 4) is 5.69 Å². The molecule has 206 valence electrons. The zero-order valence-electron chi connectivity index (χ0n) is 22.6. The van der Waals surface area contributed by atoms with Crippen molar-refractivity contribution in [2.75, 3.05) is 24.7 Å². The molecule has 1 amide bonds. The Kier molecular flexibility index (Phi) is 8.88. The summed E-state index contributed by atoms with van der Waals surface area (Å²) in [6.45, 7) is 5.44. The summed E-state index contributed by atoms with van der Waals surface area (Å²) in [5.41, 5.74) is 4.86. The lowest BCUT2D eigenvalue weighted by Crippen LogP contribution is -2.47. The third-order valence-corrected chi connectivity index (χ3v) is 8.24. The molecular formula is C30H36N4O4S. The van der Waals surface area contributed by atoms with E-state index in [1.807, 2.05) is 47.3 Å². The molecule has 0 bridgehead atoms. The highest BCUT2D eigenvalue weighted by molar-refractivity contribution is 7.07. The number of aromatic nitrogens is 3. The molecule has 0 spiro atoms. The Hall–Kier alpha value is -3.30. The minimum atomic E-state index is -0.469. The van der Waals surface area contributed by atoms with Crippen LogP contribution >= 0.6 is 11.3 Å². The highest BCUT2D eigenvalue weighted by Gasteiger charge is 2.37. The third-order valence-electron chi connectivity index (χ3n) is 7.63. The first-order chi connectivity index (χ1) is 19.0. The van der Waals surface area contributed by atoms with Gasteiger partial charge in [0.05, 0.1) is 23.5 Å². The molecule has 2 aliphatic rings. The smallest absolute Gasteiger partial charge is 0.343 e. The summed E-state index contributed by atoms with van der Waals surface area (Å²) in [6.07, 6.45) is 10.9. The summed E-state index contributed by atoms with van der Waals surface area (Å²) in [5, 5.41) is 6.85. The number of nitrogens with zero attached hydrogens (tertiary/aromatic N) is 4. The van der Waals surface area contributed by atoms with Gasteiger partial charge in [0, 0.05) is 36.8 Å². The molecule has 1 aliphatic heterocycles. The molecular weight excluding hydrogens is 512 g/mol. The number of hydrogen-bond donors (Lipinski definition) is 0. The molecule has 1 aromatic carbocycles. The molecule has 0 atom stereocenters. The van der Waals surface area contributed by atoms with Gasteiger partial charge in [-0.15, -0.1) is 16.4 Å². The van der Waals surface area contributed by atoms with Gasteiger partial charge in [-0.1, -0.05) is 25.1 Å². The highest BCUT2D eigenvalue weighted by Crippen LogP contribution is 2.34. The third kappa shape index (κ3) is 6.47. The zero-order valence-corrected chi connectivity index (χ0v) is 23.4. The van der Waals surface area contributed by atoms with Crippen LogP contribution in [0.3, 0.4) is 0 Å². The first-order valence-electron chi connectivity index (χ1n) is 13.9. The van der Waals surface area contributed by atoms with Crippen molar-refractivity contribution in [3.05, 3.63) is 58.2 Å². The van der Waals surface area contributed by atoms with Gasteiger partial charge in [-0.25, -0.2) is 14.5 Å². The van der Waals surface area contributed by atoms with Crippen molar-refractivity contribution in [3.63, 3.8) is 0 Å². The fourth-order valence-corrected chi connectivity index (χ4v) is 5.88. The van der Waals surface area contributed by atoms with E-state index in [0.29, 0.717) is 43.4 Å². The lowest BCUT2D eigenvalue weighted by atomic mass is 9.82. The maximum absolute atomic E-state index is 14.1. The van der Waals surface area contributed by atoms with Crippen molar-refractivity contribution < 1.29 is 19.1 Å². The van der Waals surface area contributed by atoms with Crippen molar-refractivity contribution >= 4 is 41.2 Å². The Morgan fingerprint density at radius 3 is 2.51 bits per heavy atom. The standard InChI is InChI=1S/C30H36N4O4S/c1-3-38-30(36)27-18-33(25-12-7-22(8-13-25)6-11-24-19-39-20-31-24)32-28(27)34(26-14-16-37-17-15-26)29(35)23-9-4-21(2)5-10-23/h6-8,11-13,18-21,23,26H,3-5,9-10,14-17H2,1-2H3/b11-6+. The second-order valence-electron chi connectivity index (χ2n) is 10.4. The first-order valence-corrected chi connectivity index (χ1v) is 14.8. The topological polar surface area (TPSA) is 86.6 Å². The van der Waals surface area contributed by atoms with E-state index < -0.39 is 5.97 Å². The quantitative estimate of drug-likeness (QED) is 0.320. The van der Waals surface area contributed by atoms with E-state index in [1.54, 1.807) is 34.0 Å². The molecule has 2 aromatic heterocycles. The van der Waals surface area contributed by atoms with Gasteiger partial charge in [0.25, 0.3) is 0 Å². The Morgan fingerprint density at radius 1 is 1.10 bits per heavy atom. The van der Waals surface area contributed by atoms with Crippen molar-refractivity contribution in [1.82, 2.24) is 14.8 Å². The number of rotatable bonds is 8. The van der Waals surface area contributed by atoms with Crippen molar-refractivity contribution in [2.24, 2.45) is 11.8 Å². The Balaban J connectivity index is 1.48. The average molecular weight is 549 g/mol. The van der Waals surface area contributed by atoms with Gasteiger partial charge in [0.1, 0.15) is 5.56 Å². The highest BCUT2D eigenvalue weighted by atomic mass is 32.1. The normalized spacial score (nSPS) is 20.3. The van der Waals surface area contributed by atoms with E-state index in [2.05, 4.69) is 11.9 Å². The Labute approximate surface area is 233 Å². The van der Waals surface area contributed by atoms with Gasteiger partial charge >= 0.3 is 5.97 Å². The van der Waals surface area contributed by atoms with Gasteiger partial charge in [0.2, 0.25) is 5.91 Å². The lowest BCUT2D eigenvalue weighted by Gasteiger charge is -2.37. The van der Waals surface area contributed by atoms with Crippen LogP contribution in [0, 0.1) is 11.8 Å². The maximum Gasteiger partial charge on any atom is 0.343 e. The number of thiazole rings is 1. The van der Waals surface area contributed by atoms with E-state index in [0.717, 1.165) is 42.6 Å². The second-order valence-corrected chi connectivity index (χ2v) is 11.1. The average Bonchev–Trinajstić information content (AvgIpc) is 3.64. The molecule has 9 heteroatoms. The predicted octanol–water partition coefficient (Wildman–Crippen LogP) is 6.01. The molecule has 3 heterocycles. The van der Waals surface area contributed by atoms with Crippen LogP contribution in [0.25, 0.3) is 17.8 Å². The largest absolute Gasteiger partial charge is 0.462 e. The van der Waals surface area contributed by atoms with E-state index >= 15 is 0 Å². The fraction of sp³-hybridized carbons (Fsp3) is 0.467. The molecule has 2 fully saturated rings. The van der Waals surface area contributed by atoms with Crippen LogP contribution in [-0.2, 0) is 14.3 Å². The molecule has 1 aliphatic carbocycles. The number of carbonyl (C=O) groups excluding carboxylic acids is 2. The maximum atomic E-state index is 14.1. The van der Waals surface area contributed by atoms with Crippen LogP contribution in [0.15, 0.2) is 41.4 Å². The van der Waals surface area contributed by atoms with Crippen LogP contribution in [0.4, 0.5) is 5.82 Å². The minimum Gasteiger partial charge on any atom is -0.462 e. The van der Waals surface area contributed by atoms with Gasteiger partial charge in [0.15, 0.2) is 5.82 Å². The van der Waals surface area contributed by atoms with Crippen LogP contribution in [0.1, 0.15) is 74.0 Å². The summed E-state index contributed by atoms with van der Waals surface area (Å²) in [4.78, 5) is 33.3. The van der Waals surface area contributed by atoms with E-state index in [-0.39, 0.29) is 24.5 Å². The first kappa shape index (κ1) is 27.3. The van der Waals surface area contributed by atoms with E-state index in [4.69, 9.17) is 14.6 Å². The molecule has 1 saturated carbocycles. The summed E-state index contributed by atoms with van der Waals surface area (Å²) in [5.74, 6) is 0.555. The van der Waals surface area contributed by atoms with Gasteiger partial charge in [-0.05, 0) is 75.1 Å². The van der Waals surface area contributed by atoms with Gasteiger partial charge in [-0.3, -0.25) is 9.69 Å². The number of esters is 1. The summed E-state index contributed by atoms with van der Waals surface area (Å²) >= 11 is 1.56. The van der Waals surface area contributed by atoms with E-state index in [1.165, 1.54) is 0 Å². The fourth-order valence-electron chi connectivity index (χ4n) is 5.36. The molecule has 0 radical (unpaired) electrons. The molecule has 0 N–H and O–H groups in total. The monoisotopic (exact) mass is 548 g/mol. The number of carbonyl (C=O) groups is 2. The SMILES string of the molecule is CCOC(=O)c1cn(-c2ccc(/C=C/c3cscn3)cc2)nc1N(C(=O)C1CCC(C)CC1)C1CCOCC1. The number of hydrogen-bond acceptors (Lipinski definition) is 7. The Morgan fingerprint density at radius 2 is 1.85 bits per heavy atom. The predicted molar refractivity (Wildman–Crippen MR) is 153 cm³/mol. The minimum absolute atomic E-state index is 0.0620. The van der Waals surface area contributed by atoms with Crippen LogP contribution in [-0.4, -0.2) is 52.5 Å². The van der Waals surface area contributed by atoms with Gasteiger partial charge in [-0.2, -0.15) is 0 Å². The summed E-state index contributed by atoms with van der Waals surface area (Å²) in [7, 11) is 0. The molecule has 3 aromatic rings. The number of amides is 1. The summed E-state index contributed by atoms with van der Waals surface area (Å²) in [6, 6.07) is 7.83. The van der Waals surface area contributed by atoms with E-state index in [9.17, 15) is 9.59 Å². The van der Waals surface area contributed by atoms with Crippen LogP contribution < -0.4 is 4.90 Å². The molecule has 1 saturated heterocycles. The Bertz CT molecular complexity index is 1270. The second kappa shape index (κ2) is 12.7. The van der Waals surface area contributed by atoms with Crippen molar-refractivity contribution in [2.45, 2.75) is 58.4 Å². The molecule has 0 unspecified atom stereocenters. The number of benzene rings is 1. The van der Waals surface area contributed by atoms with Crippen molar-refractivity contribution in [1.29, 1.82) is 0 Å². The number of anilines is 1. The van der Waals surface area contributed by atoms with Crippen LogP contribution in [0.5, 0.6) is 0 Å². The molecule has 5 rings (SSSR count). The lowest BCUT2D eigenvalue weighted by molar-refractivity contribution is -0.124. The zero-order chi connectivity index (χ0) is 27.2. The molecule has 8 nitrogen and oxygen atoms in total. The van der Waals surface area contributed by atoms with Crippen LogP contribution in [0.2, 0.25) is 0 Å². The number of ether oxygens (including phenoxy) is 2. The molecule has 39 heavy (non-hydrogen) atoms. The van der Waals surface area contributed by atoms with Gasteiger partial charge < -0.3 is 9.47 Å². The summed E-state index contributed by atoms with van der Waals surface area (Å²) < 4.78 is 12.7.